The third-order valence-electron chi connectivity index (χ3n) is 3.20. The number of ether oxygens (including phenoxy) is 1. The van der Waals surface area contributed by atoms with E-state index in [1.165, 1.54) is 11.2 Å². The number of hydrogen-bond acceptors (Lipinski definition) is 4. The molecule has 7 nitrogen and oxygen atoms in total. The molecule has 1 fully saturated rings. The number of rotatable bonds is 5. The van der Waals surface area contributed by atoms with Gasteiger partial charge in [-0.25, -0.2) is 0 Å². The van der Waals surface area contributed by atoms with Crippen LogP contribution in [-0.4, -0.2) is 55.1 Å². The Morgan fingerprint density at radius 1 is 1.32 bits per heavy atom. The van der Waals surface area contributed by atoms with Gasteiger partial charge in [-0.05, 0) is 20.8 Å². The molecule has 1 saturated heterocycles. The molecule has 112 valence electrons. The third kappa shape index (κ3) is 4.41. The average molecular weight is 294 g/mol. The van der Waals surface area contributed by atoms with Crippen molar-refractivity contribution in [2.24, 2.45) is 5.92 Å². The standard InChI is InChI=1S/C11H22N2O5S/c1-7-5-13(6-8(2)18-7)19(16,17)12-10(4)9(3)11(14)15/h7-10,12H,5-6H2,1-4H3,(H,14,15). The van der Waals surface area contributed by atoms with E-state index < -0.39 is 28.1 Å². The fourth-order valence-corrected chi connectivity index (χ4v) is 3.59. The van der Waals surface area contributed by atoms with Crippen LogP contribution in [0.2, 0.25) is 0 Å². The first-order valence-corrected chi connectivity index (χ1v) is 7.73. The third-order valence-corrected chi connectivity index (χ3v) is 4.85. The van der Waals surface area contributed by atoms with Crippen molar-refractivity contribution in [3.63, 3.8) is 0 Å². The van der Waals surface area contributed by atoms with Gasteiger partial charge in [-0.3, -0.25) is 4.79 Å². The molecule has 1 aliphatic rings. The van der Waals surface area contributed by atoms with E-state index >= 15 is 0 Å². The second-order valence-corrected chi connectivity index (χ2v) is 6.82. The van der Waals surface area contributed by atoms with E-state index in [4.69, 9.17) is 9.84 Å². The zero-order valence-electron chi connectivity index (χ0n) is 11.7. The van der Waals surface area contributed by atoms with Crippen LogP contribution in [0.1, 0.15) is 27.7 Å². The van der Waals surface area contributed by atoms with Gasteiger partial charge in [-0.15, -0.1) is 0 Å². The fraction of sp³-hybridized carbons (Fsp3) is 0.909. The van der Waals surface area contributed by atoms with Crippen LogP contribution in [0, 0.1) is 5.92 Å². The maximum absolute atomic E-state index is 12.2. The van der Waals surface area contributed by atoms with E-state index in [1.54, 1.807) is 6.92 Å². The van der Waals surface area contributed by atoms with Gasteiger partial charge < -0.3 is 9.84 Å². The predicted octanol–water partition coefficient (Wildman–Crippen LogP) is 0.0392. The molecule has 8 heteroatoms. The second kappa shape index (κ2) is 6.17. The summed E-state index contributed by atoms with van der Waals surface area (Å²) in [7, 11) is -3.69. The van der Waals surface area contributed by atoms with Gasteiger partial charge in [0.25, 0.3) is 10.2 Å². The van der Waals surface area contributed by atoms with Crippen LogP contribution in [0.15, 0.2) is 0 Å². The largest absolute Gasteiger partial charge is 0.481 e. The Balaban J connectivity index is 2.73. The van der Waals surface area contributed by atoms with Gasteiger partial charge in [0.2, 0.25) is 0 Å². The van der Waals surface area contributed by atoms with Crippen molar-refractivity contribution in [1.82, 2.24) is 9.03 Å². The summed E-state index contributed by atoms with van der Waals surface area (Å²) in [5, 5.41) is 8.88. The number of carbonyl (C=O) groups is 1. The van der Waals surface area contributed by atoms with Crippen molar-refractivity contribution in [2.75, 3.05) is 13.1 Å². The molecule has 4 atom stereocenters. The normalized spacial score (nSPS) is 28.8. The van der Waals surface area contributed by atoms with Crippen LogP contribution in [0.3, 0.4) is 0 Å². The highest BCUT2D eigenvalue weighted by Gasteiger charge is 2.33. The van der Waals surface area contributed by atoms with Crippen molar-refractivity contribution in [1.29, 1.82) is 0 Å². The molecule has 0 aromatic rings. The summed E-state index contributed by atoms with van der Waals surface area (Å²) in [6.45, 7) is 7.17. The van der Waals surface area contributed by atoms with Crippen molar-refractivity contribution in [2.45, 2.75) is 45.9 Å². The van der Waals surface area contributed by atoms with E-state index in [1.807, 2.05) is 13.8 Å². The summed E-state index contributed by atoms with van der Waals surface area (Å²) in [4.78, 5) is 10.8. The molecule has 0 aliphatic carbocycles. The van der Waals surface area contributed by atoms with E-state index in [9.17, 15) is 13.2 Å². The van der Waals surface area contributed by atoms with Crippen molar-refractivity contribution < 1.29 is 23.1 Å². The number of hydrogen-bond donors (Lipinski definition) is 2. The smallest absolute Gasteiger partial charge is 0.307 e. The van der Waals surface area contributed by atoms with E-state index in [0.29, 0.717) is 0 Å². The Labute approximate surface area is 114 Å². The minimum atomic E-state index is -3.69. The first-order chi connectivity index (χ1) is 8.63. The molecule has 2 N–H and O–H groups in total. The summed E-state index contributed by atoms with van der Waals surface area (Å²) >= 11 is 0. The lowest BCUT2D eigenvalue weighted by molar-refractivity contribution is -0.141. The summed E-state index contributed by atoms with van der Waals surface area (Å²) in [5.41, 5.74) is 0. The van der Waals surface area contributed by atoms with E-state index in [-0.39, 0.29) is 25.3 Å². The van der Waals surface area contributed by atoms with Crippen molar-refractivity contribution in [3.8, 4) is 0 Å². The highest BCUT2D eigenvalue weighted by molar-refractivity contribution is 7.87. The van der Waals surface area contributed by atoms with Gasteiger partial charge in [0.1, 0.15) is 0 Å². The molecule has 1 aliphatic heterocycles. The second-order valence-electron chi connectivity index (χ2n) is 5.11. The molecule has 0 aromatic carbocycles. The van der Waals surface area contributed by atoms with Gasteiger partial charge in [0.05, 0.1) is 18.1 Å². The van der Waals surface area contributed by atoms with Crippen LogP contribution in [-0.2, 0) is 19.7 Å². The molecule has 0 aromatic heterocycles. The minimum absolute atomic E-state index is 0.174. The van der Waals surface area contributed by atoms with Crippen LogP contribution >= 0.6 is 0 Å². The Kier molecular flexibility index (Phi) is 5.31. The highest BCUT2D eigenvalue weighted by atomic mass is 32.2. The molecule has 19 heavy (non-hydrogen) atoms. The van der Waals surface area contributed by atoms with Crippen LogP contribution < -0.4 is 4.72 Å². The monoisotopic (exact) mass is 294 g/mol. The molecular formula is C11H22N2O5S. The summed E-state index contributed by atoms with van der Waals surface area (Å²) < 4.78 is 33.5. The number of nitrogens with zero attached hydrogens (tertiary/aromatic N) is 1. The SMILES string of the molecule is CC1CN(S(=O)(=O)NC(C)C(C)C(=O)O)CC(C)O1. The molecule has 0 saturated carbocycles. The van der Waals surface area contributed by atoms with Crippen molar-refractivity contribution in [3.05, 3.63) is 0 Å². The fourth-order valence-electron chi connectivity index (χ4n) is 1.95. The number of carboxylic acids is 1. The summed E-state index contributed by atoms with van der Waals surface area (Å²) in [6, 6.07) is -0.670. The zero-order valence-corrected chi connectivity index (χ0v) is 12.5. The van der Waals surface area contributed by atoms with E-state index in [2.05, 4.69) is 4.72 Å². The van der Waals surface area contributed by atoms with Gasteiger partial charge >= 0.3 is 5.97 Å². The quantitative estimate of drug-likeness (QED) is 0.746. The van der Waals surface area contributed by atoms with Crippen LogP contribution in [0.5, 0.6) is 0 Å². The van der Waals surface area contributed by atoms with Gasteiger partial charge in [0, 0.05) is 19.1 Å². The topological polar surface area (TPSA) is 95.9 Å². The zero-order chi connectivity index (χ0) is 14.8. The average Bonchev–Trinajstić information content (AvgIpc) is 2.25. The molecular weight excluding hydrogens is 272 g/mol. The lowest BCUT2D eigenvalue weighted by Gasteiger charge is -2.35. The van der Waals surface area contributed by atoms with Gasteiger partial charge in [-0.1, -0.05) is 6.92 Å². The number of nitrogens with one attached hydrogen (secondary N) is 1. The van der Waals surface area contributed by atoms with Crippen LogP contribution in [0.25, 0.3) is 0 Å². The molecule has 0 radical (unpaired) electrons. The van der Waals surface area contributed by atoms with Gasteiger partial charge in [-0.2, -0.15) is 17.4 Å². The number of carboxylic acid groups (broad SMARTS) is 1. The first kappa shape index (κ1) is 16.4. The number of aliphatic carboxylic acids is 1. The maximum atomic E-state index is 12.2. The predicted molar refractivity (Wildman–Crippen MR) is 69.9 cm³/mol. The molecule has 1 rings (SSSR count). The minimum Gasteiger partial charge on any atom is -0.481 e. The first-order valence-electron chi connectivity index (χ1n) is 6.29. The molecule has 1 heterocycles. The highest BCUT2D eigenvalue weighted by Crippen LogP contribution is 2.15. The lowest BCUT2D eigenvalue weighted by atomic mass is 10.1. The Bertz CT molecular complexity index is 415. The number of morpholine rings is 1. The molecule has 0 amide bonds. The van der Waals surface area contributed by atoms with Crippen molar-refractivity contribution >= 4 is 16.2 Å². The molecule has 4 unspecified atom stereocenters. The Morgan fingerprint density at radius 3 is 2.21 bits per heavy atom. The lowest BCUT2D eigenvalue weighted by Crippen LogP contribution is -2.54. The summed E-state index contributed by atoms with van der Waals surface area (Å²) in [5.74, 6) is -1.82. The Hall–Kier alpha value is -0.700. The van der Waals surface area contributed by atoms with Gasteiger partial charge in [0.15, 0.2) is 0 Å². The Morgan fingerprint density at radius 2 is 1.79 bits per heavy atom. The maximum Gasteiger partial charge on any atom is 0.307 e. The summed E-state index contributed by atoms with van der Waals surface area (Å²) in [6.07, 6.45) is -0.347. The molecule has 0 bridgehead atoms. The van der Waals surface area contributed by atoms with E-state index in [0.717, 1.165) is 0 Å². The van der Waals surface area contributed by atoms with Crippen LogP contribution in [0.4, 0.5) is 0 Å². The molecule has 0 spiro atoms.